The molecule has 2 aromatic carbocycles. The van der Waals surface area contributed by atoms with Gasteiger partial charge in [-0.2, -0.15) is 0 Å². The predicted octanol–water partition coefficient (Wildman–Crippen LogP) is 1.75. The lowest BCUT2D eigenvalue weighted by molar-refractivity contribution is -0.398. The molecule has 8 nitrogen and oxygen atoms in total. The van der Waals surface area contributed by atoms with Crippen molar-refractivity contribution in [2.75, 3.05) is 5.01 Å². The lowest BCUT2D eigenvalue weighted by Crippen LogP contribution is -2.35. The van der Waals surface area contributed by atoms with Crippen molar-refractivity contribution in [3.63, 3.8) is 0 Å². The molecule has 0 aromatic heterocycles. The van der Waals surface area contributed by atoms with E-state index in [0.717, 1.165) is 28.3 Å². The van der Waals surface area contributed by atoms with Crippen molar-refractivity contribution in [1.82, 2.24) is 5.43 Å². The molecule has 132 valence electrons. The number of anilines is 1. The van der Waals surface area contributed by atoms with Gasteiger partial charge < -0.3 is 5.11 Å². The lowest BCUT2D eigenvalue weighted by atomic mass is 10.1. The molecule has 0 bridgehead atoms. The summed E-state index contributed by atoms with van der Waals surface area (Å²) < 4.78 is 0. The number of benzene rings is 2. The second kappa shape index (κ2) is 6.32. The van der Waals surface area contributed by atoms with E-state index in [1.165, 1.54) is 12.1 Å². The maximum Gasteiger partial charge on any atom is 0.282 e. The second-order valence-corrected chi connectivity index (χ2v) is 5.86. The zero-order valence-electron chi connectivity index (χ0n) is 14.0. The van der Waals surface area contributed by atoms with Crippen LogP contribution in [0.1, 0.15) is 16.7 Å². The summed E-state index contributed by atoms with van der Waals surface area (Å²) >= 11 is 0. The van der Waals surface area contributed by atoms with Crippen LogP contribution in [0.4, 0.5) is 11.4 Å². The molecule has 1 aliphatic rings. The second-order valence-electron chi connectivity index (χ2n) is 5.86. The highest BCUT2D eigenvalue weighted by atomic mass is 16.6. The third-order valence-electron chi connectivity index (χ3n) is 4.16. The van der Waals surface area contributed by atoms with Crippen molar-refractivity contribution in [2.24, 2.45) is 0 Å². The fourth-order valence-corrected chi connectivity index (χ4v) is 2.56. The summed E-state index contributed by atoms with van der Waals surface area (Å²) in [5, 5.41) is 24.1. The van der Waals surface area contributed by atoms with Gasteiger partial charge in [0.1, 0.15) is 5.57 Å². The number of nitrogens with one attached hydrogen (secondary N) is 1. The van der Waals surface area contributed by atoms with Gasteiger partial charge in [0.25, 0.3) is 17.5 Å². The van der Waals surface area contributed by atoms with E-state index in [-0.39, 0.29) is 11.1 Å². The summed E-state index contributed by atoms with van der Waals surface area (Å²) in [5.74, 6) is -2.17. The van der Waals surface area contributed by atoms with Gasteiger partial charge in [0.05, 0.1) is 10.6 Å². The molecule has 1 aliphatic heterocycles. The van der Waals surface area contributed by atoms with Crippen molar-refractivity contribution in [3.05, 3.63) is 68.8 Å². The Hall–Kier alpha value is -3.68. The number of nitrogens with zero attached hydrogens (tertiary/aromatic N) is 2. The summed E-state index contributed by atoms with van der Waals surface area (Å²) in [6.45, 7) is 3.80. The largest absolute Gasteiger partial charge is 0.867 e. The van der Waals surface area contributed by atoms with E-state index in [0.29, 0.717) is 5.69 Å². The number of aryl methyl sites for hydroxylation is 2. The molecule has 0 aliphatic carbocycles. The lowest BCUT2D eigenvalue weighted by Gasteiger charge is -2.16. The predicted molar refractivity (Wildman–Crippen MR) is 92.1 cm³/mol. The number of carbonyl (C=O) groups excluding carboxylic acids is 2. The van der Waals surface area contributed by atoms with E-state index in [1.807, 2.05) is 19.9 Å². The highest BCUT2D eigenvalue weighted by Crippen LogP contribution is 2.30. The van der Waals surface area contributed by atoms with Crippen LogP contribution in [0.5, 0.6) is 5.75 Å². The summed E-state index contributed by atoms with van der Waals surface area (Å²) in [4.78, 5) is 34.8. The fraction of sp³-hybridized carbons (Fsp3) is 0.111. The van der Waals surface area contributed by atoms with Crippen LogP contribution in [0.2, 0.25) is 0 Å². The Bertz CT molecular complexity index is 981. The molecule has 0 radical (unpaired) electrons. The Morgan fingerprint density at radius 3 is 2.50 bits per heavy atom. The monoisotopic (exact) mass is 352 g/mol. The van der Waals surface area contributed by atoms with Crippen molar-refractivity contribution < 1.29 is 19.6 Å². The standard InChI is InChI=1S/C18H15N3O5/c1-10-6-7-13(8-11(10)2)20-18(24)14(17(23)19-20)9-12-4-3-5-15(16(12)22)21(25)26/h3-9,22H,1-2H3,(H,19,23)/p-1/b14-9-. The Balaban J connectivity index is 1.99. The van der Waals surface area contributed by atoms with Gasteiger partial charge >= 0.3 is 0 Å². The number of amides is 2. The van der Waals surface area contributed by atoms with Crippen molar-refractivity contribution in [1.29, 1.82) is 0 Å². The Morgan fingerprint density at radius 2 is 1.85 bits per heavy atom. The fourth-order valence-electron chi connectivity index (χ4n) is 2.56. The van der Waals surface area contributed by atoms with Crippen LogP contribution < -0.4 is 15.5 Å². The van der Waals surface area contributed by atoms with Gasteiger partial charge in [0, 0.05) is 6.07 Å². The number of hydrogen-bond donors (Lipinski definition) is 1. The number of hydrogen-bond acceptors (Lipinski definition) is 5. The summed E-state index contributed by atoms with van der Waals surface area (Å²) in [6.07, 6.45) is 1.08. The first kappa shape index (κ1) is 17.2. The van der Waals surface area contributed by atoms with Gasteiger partial charge in [-0.15, -0.1) is 0 Å². The first-order chi connectivity index (χ1) is 12.3. The van der Waals surface area contributed by atoms with Gasteiger partial charge in [-0.1, -0.05) is 18.2 Å². The Labute approximate surface area is 148 Å². The van der Waals surface area contributed by atoms with Crippen LogP contribution in [-0.4, -0.2) is 16.7 Å². The van der Waals surface area contributed by atoms with E-state index in [2.05, 4.69) is 5.43 Å². The molecule has 2 amide bonds. The number of rotatable bonds is 3. The maximum atomic E-state index is 12.6. The van der Waals surface area contributed by atoms with Crippen LogP contribution in [0.15, 0.2) is 42.0 Å². The van der Waals surface area contributed by atoms with Crippen LogP contribution >= 0.6 is 0 Å². The number of carbonyl (C=O) groups is 2. The zero-order valence-corrected chi connectivity index (χ0v) is 14.0. The molecule has 1 fully saturated rings. The van der Waals surface area contributed by atoms with Crippen LogP contribution in [0.3, 0.4) is 0 Å². The molecule has 0 unspecified atom stereocenters. The van der Waals surface area contributed by atoms with Crippen molar-refractivity contribution in [3.8, 4) is 5.75 Å². The van der Waals surface area contributed by atoms with Crippen LogP contribution in [0, 0.1) is 24.0 Å². The zero-order chi connectivity index (χ0) is 19.0. The van der Waals surface area contributed by atoms with E-state index >= 15 is 0 Å². The number of nitro benzene ring substituents is 1. The first-order valence-corrected chi connectivity index (χ1v) is 7.68. The number of hydrazine groups is 1. The van der Waals surface area contributed by atoms with Gasteiger partial charge in [-0.25, -0.2) is 5.01 Å². The third kappa shape index (κ3) is 2.88. The average Bonchev–Trinajstić information content (AvgIpc) is 2.87. The maximum absolute atomic E-state index is 12.6. The van der Waals surface area contributed by atoms with E-state index in [9.17, 15) is 24.8 Å². The van der Waals surface area contributed by atoms with Gasteiger partial charge in [0.2, 0.25) is 0 Å². The molecule has 0 spiro atoms. The molecule has 0 atom stereocenters. The highest BCUT2D eigenvalue weighted by molar-refractivity contribution is 6.31. The highest BCUT2D eigenvalue weighted by Gasteiger charge is 2.34. The first-order valence-electron chi connectivity index (χ1n) is 7.68. The minimum atomic E-state index is -0.852. The molecule has 1 N–H and O–H groups in total. The number of nitro groups is 1. The van der Waals surface area contributed by atoms with Crippen LogP contribution in [0.25, 0.3) is 6.08 Å². The van der Waals surface area contributed by atoms with E-state index in [4.69, 9.17) is 0 Å². The minimum absolute atomic E-state index is 0.0976. The number of para-hydroxylation sites is 1. The van der Waals surface area contributed by atoms with Gasteiger partial charge in [-0.3, -0.25) is 25.1 Å². The average molecular weight is 352 g/mol. The molecule has 1 heterocycles. The smallest absolute Gasteiger partial charge is 0.282 e. The molecular formula is C18H14N3O5-. The SMILES string of the molecule is Cc1ccc(N2NC(=O)/C(=C/c3cccc([N+](=O)[O-])c3[O-])C2=O)cc1C. The molecule has 26 heavy (non-hydrogen) atoms. The van der Waals surface area contributed by atoms with Crippen molar-refractivity contribution in [2.45, 2.75) is 13.8 Å². The molecule has 8 heteroatoms. The molecule has 3 rings (SSSR count). The van der Waals surface area contributed by atoms with Gasteiger partial charge in [-0.05, 0) is 54.5 Å². The quantitative estimate of drug-likeness (QED) is 0.391. The third-order valence-corrected chi connectivity index (χ3v) is 4.16. The van der Waals surface area contributed by atoms with Gasteiger partial charge in [0.15, 0.2) is 0 Å². The van der Waals surface area contributed by atoms with E-state index < -0.39 is 28.2 Å². The topological polar surface area (TPSA) is 116 Å². The Morgan fingerprint density at radius 1 is 1.12 bits per heavy atom. The summed E-state index contributed by atoms with van der Waals surface area (Å²) in [6, 6.07) is 8.98. The van der Waals surface area contributed by atoms with Crippen LogP contribution in [-0.2, 0) is 9.59 Å². The molecule has 1 saturated heterocycles. The Kier molecular flexibility index (Phi) is 4.17. The summed E-state index contributed by atoms with van der Waals surface area (Å²) in [5.41, 5.74) is 3.93. The molecule has 2 aromatic rings. The summed E-state index contributed by atoms with van der Waals surface area (Å²) in [7, 11) is 0. The normalized spacial score (nSPS) is 15.5. The molecular weight excluding hydrogens is 338 g/mol. The molecule has 0 saturated carbocycles. The van der Waals surface area contributed by atoms with Crippen molar-refractivity contribution >= 4 is 29.3 Å². The minimum Gasteiger partial charge on any atom is -0.867 e. The van der Waals surface area contributed by atoms with E-state index in [1.54, 1.807) is 12.1 Å².